The molecule has 0 radical (unpaired) electrons. The van der Waals surface area contributed by atoms with E-state index in [4.69, 9.17) is 15.7 Å². The van der Waals surface area contributed by atoms with Crippen LogP contribution in [-0.2, 0) is 0 Å². The van der Waals surface area contributed by atoms with E-state index < -0.39 is 5.91 Å². The number of rotatable bonds is 3. The lowest BCUT2D eigenvalue weighted by Gasteiger charge is -2.10. The Morgan fingerprint density at radius 2 is 1.84 bits per heavy atom. The number of hydrogen-bond donors (Lipinski definition) is 1. The number of hydrogen-bond acceptors (Lipinski definition) is 3. The van der Waals surface area contributed by atoms with Gasteiger partial charge >= 0.3 is 0 Å². The highest BCUT2D eigenvalue weighted by Crippen LogP contribution is 2.31. The first kappa shape index (κ1) is 13.1. The summed E-state index contributed by atoms with van der Waals surface area (Å²) < 4.78 is 6.25. The highest BCUT2D eigenvalue weighted by molar-refractivity contribution is 9.10. The maximum absolute atomic E-state index is 11.3. The summed E-state index contributed by atoms with van der Waals surface area (Å²) in [5.74, 6) is 0.110. The first-order valence-corrected chi connectivity index (χ1v) is 6.18. The van der Waals surface area contributed by atoms with Crippen molar-refractivity contribution in [2.24, 2.45) is 5.73 Å². The van der Waals surface area contributed by atoms with Gasteiger partial charge in [-0.05, 0) is 40.2 Å². The minimum Gasteiger partial charge on any atom is -0.455 e. The molecule has 19 heavy (non-hydrogen) atoms. The molecule has 0 aliphatic heterocycles. The molecule has 0 aromatic heterocycles. The number of carbonyl (C=O) groups excluding carboxylic acids is 1. The second-order valence-corrected chi connectivity index (χ2v) is 4.54. The van der Waals surface area contributed by atoms with Crippen molar-refractivity contribution in [3.63, 3.8) is 0 Å². The maximum atomic E-state index is 11.3. The van der Waals surface area contributed by atoms with Gasteiger partial charge in [0, 0.05) is 4.47 Å². The molecule has 0 fully saturated rings. The summed E-state index contributed by atoms with van der Waals surface area (Å²) in [5, 5.41) is 9.10. The summed E-state index contributed by atoms with van der Waals surface area (Å²) in [6.45, 7) is 0. The highest BCUT2D eigenvalue weighted by Gasteiger charge is 2.12. The van der Waals surface area contributed by atoms with Gasteiger partial charge in [-0.1, -0.05) is 18.2 Å². The Hall–Kier alpha value is -2.32. The van der Waals surface area contributed by atoms with E-state index in [1.54, 1.807) is 42.5 Å². The minimum atomic E-state index is -0.580. The van der Waals surface area contributed by atoms with Crippen LogP contribution in [0.15, 0.2) is 46.9 Å². The van der Waals surface area contributed by atoms with Crippen LogP contribution in [0, 0.1) is 11.3 Å². The number of carbonyl (C=O) groups is 1. The number of nitriles is 1. The molecule has 0 saturated carbocycles. The molecule has 0 saturated heterocycles. The molecule has 0 aliphatic rings. The molecule has 4 nitrogen and oxygen atoms in total. The second kappa shape index (κ2) is 5.55. The summed E-state index contributed by atoms with van der Waals surface area (Å²) in [4.78, 5) is 11.3. The molecule has 0 heterocycles. The predicted octanol–water partition coefficient (Wildman–Crippen LogP) is 3.21. The lowest BCUT2D eigenvalue weighted by Crippen LogP contribution is -2.12. The molecule has 0 spiro atoms. The van der Waals surface area contributed by atoms with E-state index in [0.29, 0.717) is 21.5 Å². The third-order valence-electron chi connectivity index (χ3n) is 2.46. The third-order valence-corrected chi connectivity index (χ3v) is 3.12. The molecular formula is C14H9BrN2O2. The van der Waals surface area contributed by atoms with Crippen LogP contribution in [0.3, 0.4) is 0 Å². The Kier molecular flexibility index (Phi) is 3.83. The van der Waals surface area contributed by atoms with Crippen LogP contribution in [0.4, 0.5) is 0 Å². The van der Waals surface area contributed by atoms with E-state index in [2.05, 4.69) is 15.9 Å². The number of para-hydroxylation sites is 1. The van der Waals surface area contributed by atoms with E-state index in [-0.39, 0.29) is 5.56 Å². The zero-order chi connectivity index (χ0) is 13.8. The Balaban J connectivity index is 2.46. The molecular weight excluding hydrogens is 308 g/mol. The first-order chi connectivity index (χ1) is 9.13. The van der Waals surface area contributed by atoms with Gasteiger partial charge in [-0.3, -0.25) is 4.79 Å². The van der Waals surface area contributed by atoms with Crippen molar-refractivity contribution in [1.82, 2.24) is 0 Å². The first-order valence-electron chi connectivity index (χ1n) is 5.39. The maximum Gasteiger partial charge on any atom is 0.252 e. The van der Waals surface area contributed by atoms with Crippen LogP contribution in [0.5, 0.6) is 11.5 Å². The quantitative estimate of drug-likeness (QED) is 0.944. The molecule has 0 aliphatic carbocycles. The van der Waals surface area contributed by atoms with Gasteiger partial charge in [0.15, 0.2) is 0 Å². The second-order valence-electron chi connectivity index (χ2n) is 3.69. The molecule has 2 N–H and O–H groups in total. The zero-order valence-electron chi connectivity index (χ0n) is 9.76. The monoisotopic (exact) mass is 316 g/mol. The molecule has 0 unspecified atom stereocenters. The summed E-state index contributed by atoms with van der Waals surface area (Å²) in [5.41, 5.74) is 5.91. The Bertz CT molecular complexity index is 677. The van der Waals surface area contributed by atoms with E-state index in [1.165, 1.54) is 0 Å². The number of ether oxygens (including phenoxy) is 1. The van der Waals surface area contributed by atoms with Crippen molar-refractivity contribution in [1.29, 1.82) is 5.26 Å². The van der Waals surface area contributed by atoms with Crippen molar-refractivity contribution >= 4 is 21.8 Å². The fourth-order valence-corrected chi connectivity index (χ4v) is 2.01. The minimum absolute atomic E-state index is 0.270. The number of benzene rings is 2. The third kappa shape index (κ3) is 2.75. The number of nitrogens with two attached hydrogens (primary N) is 1. The van der Waals surface area contributed by atoms with E-state index >= 15 is 0 Å². The summed E-state index contributed by atoms with van der Waals surface area (Å²) >= 11 is 3.27. The molecule has 0 bridgehead atoms. The summed E-state index contributed by atoms with van der Waals surface area (Å²) in [7, 11) is 0. The van der Waals surface area contributed by atoms with Crippen molar-refractivity contribution in [2.45, 2.75) is 0 Å². The molecule has 94 valence electrons. The van der Waals surface area contributed by atoms with Crippen molar-refractivity contribution in [3.8, 4) is 17.6 Å². The van der Waals surface area contributed by atoms with Gasteiger partial charge < -0.3 is 10.5 Å². The van der Waals surface area contributed by atoms with E-state index in [0.717, 1.165) is 0 Å². The SMILES string of the molecule is N#Cc1c(Br)cccc1Oc1ccccc1C(N)=O. The van der Waals surface area contributed by atoms with Crippen LogP contribution in [0.1, 0.15) is 15.9 Å². The summed E-state index contributed by atoms with van der Waals surface area (Å²) in [6.07, 6.45) is 0. The number of halogens is 1. The number of primary amides is 1. The average Bonchev–Trinajstić information content (AvgIpc) is 2.39. The molecule has 2 rings (SSSR count). The van der Waals surface area contributed by atoms with Crippen LogP contribution >= 0.6 is 15.9 Å². The van der Waals surface area contributed by atoms with Gasteiger partial charge in [0.05, 0.1) is 5.56 Å². The van der Waals surface area contributed by atoms with Crippen molar-refractivity contribution in [3.05, 3.63) is 58.1 Å². The van der Waals surface area contributed by atoms with Crippen LogP contribution < -0.4 is 10.5 Å². The molecule has 1 amide bonds. The highest BCUT2D eigenvalue weighted by atomic mass is 79.9. The van der Waals surface area contributed by atoms with Gasteiger partial charge in [-0.15, -0.1) is 0 Å². The number of amides is 1. The van der Waals surface area contributed by atoms with Crippen LogP contribution in [-0.4, -0.2) is 5.91 Å². The average molecular weight is 317 g/mol. The van der Waals surface area contributed by atoms with E-state index in [1.807, 2.05) is 6.07 Å². The smallest absolute Gasteiger partial charge is 0.252 e. The number of nitrogens with zero attached hydrogens (tertiary/aromatic N) is 1. The van der Waals surface area contributed by atoms with Gasteiger partial charge in [-0.25, -0.2) is 0 Å². The normalized spacial score (nSPS) is 9.68. The van der Waals surface area contributed by atoms with Crippen LogP contribution in [0.25, 0.3) is 0 Å². The fourth-order valence-electron chi connectivity index (χ4n) is 1.58. The van der Waals surface area contributed by atoms with Crippen LogP contribution in [0.2, 0.25) is 0 Å². The summed E-state index contributed by atoms with van der Waals surface area (Å²) in [6, 6.07) is 13.8. The molecule has 0 atom stereocenters. The Labute approximate surface area is 118 Å². The molecule has 2 aromatic carbocycles. The standard InChI is InChI=1S/C14H9BrN2O2/c15-11-5-3-7-13(10(11)8-16)19-12-6-2-1-4-9(12)14(17)18/h1-7H,(H2,17,18). The molecule has 2 aromatic rings. The lowest BCUT2D eigenvalue weighted by molar-refractivity contribution is 0.0998. The van der Waals surface area contributed by atoms with E-state index in [9.17, 15) is 4.79 Å². The lowest BCUT2D eigenvalue weighted by atomic mass is 10.2. The van der Waals surface area contributed by atoms with Gasteiger partial charge in [0.25, 0.3) is 5.91 Å². The molecule has 5 heteroatoms. The largest absolute Gasteiger partial charge is 0.455 e. The predicted molar refractivity (Wildman–Crippen MR) is 73.9 cm³/mol. The topological polar surface area (TPSA) is 76.1 Å². The Morgan fingerprint density at radius 1 is 1.16 bits per heavy atom. The van der Waals surface area contributed by atoms with Crippen molar-refractivity contribution in [2.75, 3.05) is 0 Å². The fraction of sp³-hybridized carbons (Fsp3) is 0. The van der Waals surface area contributed by atoms with Gasteiger partial charge in [0.1, 0.15) is 23.1 Å². The van der Waals surface area contributed by atoms with Gasteiger partial charge in [0.2, 0.25) is 0 Å². The van der Waals surface area contributed by atoms with Crippen molar-refractivity contribution < 1.29 is 9.53 Å². The zero-order valence-corrected chi connectivity index (χ0v) is 11.3. The Morgan fingerprint density at radius 3 is 2.53 bits per heavy atom. The van der Waals surface area contributed by atoms with Gasteiger partial charge in [-0.2, -0.15) is 5.26 Å².